The van der Waals surface area contributed by atoms with E-state index in [0.717, 1.165) is 5.56 Å². The minimum absolute atomic E-state index is 0.0653. The monoisotopic (exact) mass is 311 g/mol. The molecule has 1 heterocycles. The number of aliphatic hydroxyl groups excluding tert-OH is 1. The van der Waals surface area contributed by atoms with Crippen molar-refractivity contribution in [1.82, 2.24) is 5.32 Å². The first kappa shape index (κ1) is 15.0. The first-order chi connectivity index (χ1) is 11.0. The quantitative estimate of drug-likeness (QED) is 0.509. The average molecular weight is 311 g/mol. The molecule has 0 radical (unpaired) electrons. The molecule has 0 bridgehead atoms. The van der Waals surface area contributed by atoms with Crippen molar-refractivity contribution in [3.05, 3.63) is 76.6 Å². The molecule has 0 aliphatic carbocycles. The zero-order valence-corrected chi connectivity index (χ0v) is 12.3. The van der Waals surface area contributed by atoms with E-state index in [9.17, 15) is 19.1 Å². The van der Waals surface area contributed by atoms with Crippen molar-refractivity contribution in [3.8, 4) is 0 Å². The van der Waals surface area contributed by atoms with Crippen molar-refractivity contribution in [3.63, 3.8) is 0 Å². The fourth-order valence-corrected chi connectivity index (χ4v) is 2.57. The third-order valence-electron chi connectivity index (χ3n) is 3.78. The lowest BCUT2D eigenvalue weighted by Crippen LogP contribution is -2.21. The molecule has 1 aliphatic rings. The summed E-state index contributed by atoms with van der Waals surface area (Å²) in [6, 6.07) is 11.6. The number of halogens is 1. The molecule has 0 saturated carbocycles. The Kier molecular flexibility index (Phi) is 3.70. The summed E-state index contributed by atoms with van der Waals surface area (Å²) in [5, 5.41) is 13.0. The highest BCUT2D eigenvalue weighted by atomic mass is 19.1. The molecule has 23 heavy (non-hydrogen) atoms. The Hall–Kier alpha value is -2.95. The Morgan fingerprint density at radius 3 is 2.48 bits per heavy atom. The van der Waals surface area contributed by atoms with Crippen molar-refractivity contribution in [2.24, 2.45) is 0 Å². The Balaban J connectivity index is 2.12. The number of rotatable bonds is 2. The smallest absolute Gasteiger partial charge is 0.293 e. The normalized spacial score (nSPS) is 19.7. The van der Waals surface area contributed by atoms with Gasteiger partial charge >= 0.3 is 0 Å². The molecule has 2 aromatic carbocycles. The number of ketones is 1. The van der Waals surface area contributed by atoms with Crippen LogP contribution in [0.4, 0.5) is 4.39 Å². The van der Waals surface area contributed by atoms with Crippen LogP contribution in [0.3, 0.4) is 0 Å². The Morgan fingerprint density at radius 2 is 1.83 bits per heavy atom. The highest BCUT2D eigenvalue weighted by Crippen LogP contribution is 2.33. The summed E-state index contributed by atoms with van der Waals surface area (Å²) in [6.07, 6.45) is 0. The highest BCUT2D eigenvalue weighted by molar-refractivity contribution is 6.46. The molecular formula is C18H14FNO3. The van der Waals surface area contributed by atoms with Crippen LogP contribution in [0, 0.1) is 12.7 Å². The zero-order valence-electron chi connectivity index (χ0n) is 12.3. The number of amides is 1. The summed E-state index contributed by atoms with van der Waals surface area (Å²) in [6.45, 7) is 1.90. The van der Waals surface area contributed by atoms with Crippen LogP contribution in [0.15, 0.2) is 54.1 Å². The predicted molar refractivity (Wildman–Crippen MR) is 83.0 cm³/mol. The van der Waals surface area contributed by atoms with Gasteiger partial charge in [0.1, 0.15) is 11.6 Å². The van der Waals surface area contributed by atoms with Gasteiger partial charge in [-0.2, -0.15) is 0 Å². The maximum atomic E-state index is 13.4. The second kappa shape index (κ2) is 5.68. The van der Waals surface area contributed by atoms with E-state index in [1.54, 1.807) is 30.3 Å². The lowest BCUT2D eigenvalue weighted by atomic mass is 9.95. The van der Waals surface area contributed by atoms with Crippen LogP contribution in [-0.4, -0.2) is 16.8 Å². The first-order valence-electron chi connectivity index (χ1n) is 7.08. The Morgan fingerprint density at radius 1 is 1.13 bits per heavy atom. The third kappa shape index (κ3) is 2.73. The lowest BCUT2D eigenvalue weighted by Gasteiger charge is -2.13. The molecule has 3 rings (SSSR count). The van der Waals surface area contributed by atoms with Crippen molar-refractivity contribution >= 4 is 17.4 Å². The summed E-state index contributed by atoms with van der Waals surface area (Å²) in [7, 11) is 0. The molecule has 1 amide bonds. The van der Waals surface area contributed by atoms with Gasteiger partial charge in [-0.1, -0.05) is 42.0 Å². The largest absolute Gasteiger partial charge is 0.507 e. The average Bonchev–Trinajstić information content (AvgIpc) is 2.83. The van der Waals surface area contributed by atoms with E-state index in [1.165, 1.54) is 18.2 Å². The fraction of sp³-hybridized carbons (Fsp3) is 0.111. The lowest BCUT2D eigenvalue weighted by molar-refractivity contribution is -0.133. The van der Waals surface area contributed by atoms with E-state index in [2.05, 4.69) is 5.32 Å². The Bertz CT molecular complexity index is 824. The van der Waals surface area contributed by atoms with Gasteiger partial charge in [-0.25, -0.2) is 4.39 Å². The molecule has 1 saturated heterocycles. The number of hydrogen-bond donors (Lipinski definition) is 2. The van der Waals surface area contributed by atoms with Crippen LogP contribution in [-0.2, 0) is 9.59 Å². The molecule has 1 aliphatic heterocycles. The number of hydrogen-bond acceptors (Lipinski definition) is 3. The second-order valence-electron chi connectivity index (χ2n) is 5.42. The van der Waals surface area contributed by atoms with E-state index in [0.29, 0.717) is 11.1 Å². The molecule has 1 atom stereocenters. The summed E-state index contributed by atoms with van der Waals surface area (Å²) in [4.78, 5) is 23.9. The number of aryl methyl sites for hydroxylation is 1. The van der Waals surface area contributed by atoms with E-state index in [-0.39, 0.29) is 11.3 Å². The van der Waals surface area contributed by atoms with Gasteiger partial charge in [0.15, 0.2) is 0 Å². The minimum atomic E-state index is -0.869. The molecule has 5 heteroatoms. The van der Waals surface area contributed by atoms with Gasteiger partial charge in [0, 0.05) is 5.56 Å². The number of carbonyl (C=O) groups excluding carboxylic acids is 2. The third-order valence-corrected chi connectivity index (χ3v) is 3.78. The van der Waals surface area contributed by atoms with E-state index in [1.807, 2.05) is 6.92 Å². The predicted octanol–water partition coefficient (Wildman–Crippen LogP) is 2.84. The van der Waals surface area contributed by atoms with Crippen LogP contribution in [0.1, 0.15) is 22.7 Å². The molecule has 4 nitrogen and oxygen atoms in total. The van der Waals surface area contributed by atoms with E-state index >= 15 is 0 Å². The van der Waals surface area contributed by atoms with Gasteiger partial charge in [0.05, 0.1) is 11.6 Å². The van der Waals surface area contributed by atoms with Crippen molar-refractivity contribution in [1.29, 1.82) is 0 Å². The number of aliphatic hydroxyl groups is 1. The topological polar surface area (TPSA) is 66.4 Å². The molecule has 2 N–H and O–H groups in total. The summed E-state index contributed by atoms with van der Waals surface area (Å²) in [5.74, 6) is -2.38. The van der Waals surface area contributed by atoms with Gasteiger partial charge in [0.2, 0.25) is 0 Å². The maximum absolute atomic E-state index is 13.4. The van der Waals surface area contributed by atoms with Gasteiger partial charge in [-0.15, -0.1) is 0 Å². The van der Waals surface area contributed by atoms with Gasteiger partial charge in [-0.05, 0) is 24.6 Å². The SMILES string of the molecule is Cc1ccc(/C(O)=C2\C(=O)C(=O)N[C@@H]2c2cccc(F)c2)cc1. The summed E-state index contributed by atoms with van der Waals surface area (Å²) < 4.78 is 13.4. The van der Waals surface area contributed by atoms with Crippen LogP contribution >= 0.6 is 0 Å². The van der Waals surface area contributed by atoms with Crippen molar-refractivity contribution in [2.75, 3.05) is 0 Å². The highest BCUT2D eigenvalue weighted by Gasteiger charge is 2.39. The van der Waals surface area contributed by atoms with Crippen LogP contribution in [0.2, 0.25) is 0 Å². The van der Waals surface area contributed by atoms with Crippen molar-refractivity contribution < 1.29 is 19.1 Å². The van der Waals surface area contributed by atoms with Crippen LogP contribution in [0.5, 0.6) is 0 Å². The molecule has 0 unspecified atom stereocenters. The number of Topliss-reactive ketones (excluding diaryl/α,β-unsaturated/α-hetero) is 1. The fourth-order valence-electron chi connectivity index (χ4n) is 2.57. The molecule has 2 aromatic rings. The number of carbonyl (C=O) groups is 2. The van der Waals surface area contributed by atoms with Crippen LogP contribution < -0.4 is 5.32 Å². The van der Waals surface area contributed by atoms with Gasteiger partial charge in [-0.3, -0.25) is 9.59 Å². The van der Waals surface area contributed by atoms with Gasteiger partial charge in [0.25, 0.3) is 11.7 Å². The standard InChI is InChI=1S/C18H14FNO3/c1-10-5-7-11(8-6-10)16(21)14-15(20-18(23)17(14)22)12-3-2-4-13(19)9-12/h2-9,15,21H,1H3,(H,20,23)/b16-14+/t15-/m1/s1. The number of nitrogens with one attached hydrogen (secondary N) is 1. The molecule has 0 aromatic heterocycles. The molecular weight excluding hydrogens is 297 g/mol. The second-order valence-corrected chi connectivity index (χ2v) is 5.42. The molecule has 116 valence electrons. The Labute approximate surface area is 132 Å². The molecule has 1 fully saturated rings. The van der Waals surface area contributed by atoms with E-state index < -0.39 is 23.5 Å². The maximum Gasteiger partial charge on any atom is 0.293 e. The summed E-state index contributed by atoms with van der Waals surface area (Å²) in [5.41, 5.74) is 1.76. The summed E-state index contributed by atoms with van der Waals surface area (Å²) >= 11 is 0. The number of benzene rings is 2. The van der Waals surface area contributed by atoms with Crippen LogP contribution in [0.25, 0.3) is 5.76 Å². The van der Waals surface area contributed by atoms with E-state index in [4.69, 9.17) is 0 Å². The zero-order chi connectivity index (χ0) is 16.6. The van der Waals surface area contributed by atoms with Gasteiger partial charge < -0.3 is 10.4 Å². The first-order valence-corrected chi connectivity index (χ1v) is 7.08. The molecule has 0 spiro atoms. The minimum Gasteiger partial charge on any atom is -0.507 e. The van der Waals surface area contributed by atoms with Crippen molar-refractivity contribution in [2.45, 2.75) is 13.0 Å².